The van der Waals surface area contributed by atoms with Crippen molar-refractivity contribution < 1.29 is 83.8 Å². The first-order valence-corrected chi connectivity index (χ1v) is 10.7. The fraction of sp³-hybridized carbons (Fsp3) is 0.200. The number of hydrogen-bond donors (Lipinski definition) is 1. The molecule has 3 aromatic carbocycles. The van der Waals surface area contributed by atoms with Crippen LogP contribution < -0.4 is 61.7 Å². The number of fused-ring (bicyclic) bond motifs is 3. The first-order chi connectivity index (χ1) is 16.1. The second-order valence-electron chi connectivity index (χ2n) is 8.33. The third-order valence-electron chi connectivity index (χ3n) is 6.20. The van der Waals surface area contributed by atoms with Crippen LogP contribution in [0.1, 0.15) is 28.2 Å². The molecule has 0 spiro atoms. The molecule has 0 saturated heterocycles. The molecule has 1 aliphatic rings. The largest absolute Gasteiger partial charge is 1.00 e. The van der Waals surface area contributed by atoms with E-state index >= 15 is 0 Å². The topological polar surface area (TPSA) is 66.8 Å². The van der Waals surface area contributed by atoms with Gasteiger partial charge in [0, 0.05) is 18.7 Å². The van der Waals surface area contributed by atoms with Crippen LogP contribution in [0, 0.1) is 6.92 Å². The molecule has 1 N–H and O–H groups in total. The number of carbonyl (C=O) groups excluding carboxylic acids is 1. The Bertz CT molecular complexity index is 1240. The number of carbonyl (C=O) groups is 2. The Kier molecular flexibility index (Phi) is 8.54. The van der Waals surface area contributed by atoms with Crippen LogP contribution in [0.25, 0.3) is 11.1 Å². The summed E-state index contributed by atoms with van der Waals surface area (Å²) >= 11 is 0. The number of amides is 1. The molecule has 0 bridgehead atoms. The Balaban J connectivity index is 0.00000342. The molecule has 35 heavy (non-hydrogen) atoms. The number of aliphatic carboxylic acids is 1. The predicted molar refractivity (Wildman–Crippen MR) is 125 cm³/mol. The quantitative estimate of drug-likeness (QED) is 0.519. The minimum atomic E-state index is -5.39. The molecule has 0 aromatic heterocycles. The number of rotatable bonds is 6. The monoisotopic (exact) mass is 507 g/mol. The zero-order valence-electron chi connectivity index (χ0n) is 19.6. The summed E-state index contributed by atoms with van der Waals surface area (Å²) in [5, 5.41) is 9.11. The van der Waals surface area contributed by atoms with Gasteiger partial charge in [-0.25, -0.2) is 4.79 Å². The van der Waals surface area contributed by atoms with E-state index in [1.807, 2.05) is 48.5 Å². The van der Waals surface area contributed by atoms with Crippen molar-refractivity contribution in [2.24, 2.45) is 0 Å². The van der Waals surface area contributed by atoms with E-state index in [1.165, 1.54) is 14.0 Å². The van der Waals surface area contributed by atoms with E-state index < -0.39 is 30.9 Å². The fourth-order valence-corrected chi connectivity index (χ4v) is 4.45. The number of carboxylic acids is 1. The molecule has 176 valence electrons. The number of anilines is 1. The van der Waals surface area contributed by atoms with Crippen molar-refractivity contribution in [1.82, 2.24) is 0 Å². The third-order valence-corrected chi connectivity index (χ3v) is 6.20. The van der Waals surface area contributed by atoms with Crippen molar-refractivity contribution in [2.45, 2.75) is 19.3 Å². The van der Waals surface area contributed by atoms with E-state index in [0.29, 0.717) is 0 Å². The summed E-state index contributed by atoms with van der Waals surface area (Å²) in [5.74, 6) is -1.46. The molecule has 4 rings (SSSR count). The van der Waals surface area contributed by atoms with Gasteiger partial charge in [-0.3, -0.25) is 9.69 Å². The molecule has 10 heteroatoms. The number of benzene rings is 3. The van der Waals surface area contributed by atoms with Crippen LogP contribution in [0.5, 0.6) is 0 Å². The van der Waals surface area contributed by atoms with Gasteiger partial charge in [-0.1, -0.05) is 60.7 Å². The molecule has 3 aromatic rings. The van der Waals surface area contributed by atoms with E-state index in [1.54, 1.807) is 0 Å². The van der Waals surface area contributed by atoms with Crippen molar-refractivity contribution >= 4 is 30.2 Å². The van der Waals surface area contributed by atoms with Crippen LogP contribution in [-0.2, 0) is 16.0 Å². The van der Waals surface area contributed by atoms with E-state index in [2.05, 4.69) is 0 Å². The predicted octanol–water partition coefficient (Wildman–Crippen LogP) is 2.07. The van der Waals surface area contributed by atoms with E-state index in [4.69, 9.17) is 9.84 Å². The van der Waals surface area contributed by atoms with Gasteiger partial charge in [-0.05, 0) is 40.3 Å². The summed E-state index contributed by atoms with van der Waals surface area (Å²) in [6.45, 7) is -3.88. The first kappa shape index (κ1) is 27.5. The number of halogens is 3. The smallest absolute Gasteiger partial charge is 0.481 e. The molecule has 0 saturated carbocycles. The van der Waals surface area contributed by atoms with Gasteiger partial charge in [0.2, 0.25) is 0 Å². The van der Waals surface area contributed by atoms with Crippen LogP contribution in [0.2, 0.25) is 0 Å². The van der Waals surface area contributed by atoms with Crippen LogP contribution in [-0.4, -0.2) is 37.8 Å². The van der Waals surface area contributed by atoms with Gasteiger partial charge in [-0.15, -0.1) is 5.46 Å². The second-order valence-corrected chi connectivity index (χ2v) is 8.33. The summed E-state index contributed by atoms with van der Waals surface area (Å²) in [5.41, 5.74) is 3.42. The molecule has 0 fully saturated rings. The maximum atomic E-state index is 13.5. The van der Waals surface area contributed by atoms with Crippen molar-refractivity contribution in [3.05, 3.63) is 82.9 Å². The maximum absolute atomic E-state index is 13.5. The summed E-state index contributed by atoms with van der Waals surface area (Å²) in [6, 6.07) is 17.3. The number of hydrogen-bond acceptors (Lipinski definition) is 3. The summed E-state index contributed by atoms with van der Waals surface area (Å²) in [4.78, 5) is 25.0. The van der Waals surface area contributed by atoms with Crippen LogP contribution in [0.3, 0.4) is 0 Å². The van der Waals surface area contributed by atoms with Gasteiger partial charge in [0.25, 0.3) is 0 Å². The first-order valence-electron chi connectivity index (χ1n) is 10.7. The molecular weight excluding hydrogens is 485 g/mol. The van der Waals surface area contributed by atoms with Gasteiger partial charge in [-0.2, -0.15) is 0 Å². The molecular formula is C25H22BF3KNO4. The van der Waals surface area contributed by atoms with Crippen molar-refractivity contribution in [2.75, 3.05) is 18.6 Å². The van der Waals surface area contributed by atoms with Crippen molar-refractivity contribution in [3.63, 3.8) is 0 Å². The molecule has 0 atom stereocenters. The van der Waals surface area contributed by atoms with Crippen LogP contribution >= 0.6 is 0 Å². The standard InChI is InChI=1S/C25H22BF3NO4.K/c1-15-16(12-24(31)32)11-17(26(27,28)29)13-23(15)30(2)25(33)34-14-22-20-9-5-3-7-18(20)19-8-4-6-10-21(19)22;/h3-11,13,22H,12,14H2,1-2H3,(H,31,32);/q-1;+1. The Labute approximate surface area is 243 Å². The molecule has 0 unspecified atom stereocenters. The average Bonchev–Trinajstić information content (AvgIpc) is 3.11. The summed E-state index contributed by atoms with van der Waals surface area (Å²) in [7, 11) is 1.32. The van der Waals surface area contributed by atoms with Crippen LogP contribution in [0.4, 0.5) is 23.4 Å². The van der Waals surface area contributed by atoms with Gasteiger partial charge in [0.1, 0.15) is 6.61 Å². The Hall–Kier alpha value is -2.11. The van der Waals surface area contributed by atoms with Crippen LogP contribution in [0.15, 0.2) is 60.7 Å². The second kappa shape index (κ2) is 10.9. The van der Waals surface area contributed by atoms with Gasteiger partial charge in [0.15, 0.2) is 0 Å². The molecule has 1 amide bonds. The number of ether oxygens (including phenoxy) is 1. The number of carboxylic acid groups (broad SMARTS) is 1. The van der Waals surface area contributed by atoms with Gasteiger partial charge in [0.05, 0.1) is 6.42 Å². The fourth-order valence-electron chi connectivity index (χ4n) is 4.45. The minimum Gasteiger partial charge on any atom is -0.481 e. The normalized spacial score (nSPS) is 12.4. The van der Waals surface area contributed by atoms with Gasteiger partial charge >= 0.3 is 70.4 Å². The Morgan fingerprint density at radius 1 is 1.00 bits per heavy atom. The Morgan fingerprint density at radius 2 is 1.54 bits per heavy atom. The van der Waals surface area contributed by atoms with E-state index in [0.717, 1.165) is 39.3 Å². The molecule has 0 heterocycles. The SMILES string of the molecule is Cc1c(CC(=O)O)cc([B-](F)(F)F)cc1N(C)C(=O)OCC1c2ccccc2-c2ccccc21.[K+]. The molecule has 0 aliphatic heterocycles. The number of nitrogens with zero attached hydrogens (tertiary/aromatic N) is 1. The molecule has 5 nitrogen and oxygen atoms in total. The zero-order valence-corrected chi connectivity index (χ0v) is 22.7. The third kappa shape index (κ3) is 5.67. The zero-order chi connectivity index (χ0) is 24.6. The Morgan fingerprint density at radius 3 is 2.06 bits per heavy atom. The van der Waals surface area contributed by atoms with Gasteiger partial charge < -0.3 is 22.8 Å². The minimum absolute atomic E-state index is 0. The average molecular weight is 507 g/mol. The maximum Gasteiger partial charge on any atom is 1.00 e. The van der Waals surface area contributed by atoms with E-state index in [-0.39, 0.29) is 80.7 Å². The summed E-state index contributed by atoms with van der Waals surface area (Å²) < 4.78 is 46.0. The van der Waals surface area contributed by atoms with Crippen molar-refractivity contribution in [1.29, 1.82) is 0 Å². The van der Waals surface area contributed by atoms with Crippen molar-refractivity contribution in [3.8, 4) is 11.1 Å². The molecule has 1 aliphatic carbocycles. The molecule has 0 radical (unpaired) electrons. The summed E-state index contributed by atoms with van der Waals surface area (Å²) in [6.07, 6.45) is -1.41. The van der Waals surface area contributed by atoms with E-state index in [9.17, 15) is 22.5 Å².